The molecular weight excluding hydrogens is 453 g/mol. The van der Waals surface area contributed by atoms with Crippen LogP contribution in [0.25, 0.3) is 11.1 Å². The van der Waals surface area contributed by atoms with Crippen LogP contribution in [0.4, 0.5) is 4.39 Å². The Labute approximate surface area is 201 Å². The molecular formula is C26H28FN3O5. The van der Waals surface area contributed by atoms with Gasteiger partial charge in [0.1, 0.15) is 5.82 Å². The molecule has 0 radical (unpaired) electrons. The van der Waals surface area contributed by atoms with Gasteiger partial charge in [-0.1, -0.05) is 18.2 Å². The van der Waals surface area contributed by atoms with Crippen molar-refractivity contribution < 1.29 is 23.8 Å². The molecule has 184 valence electrons. The number of fused-ring (bicyclic) bond motifs is 4. The van der Waals surface area contributed by atoms with E-state index in [-0.39, 0.29) is 47.6 Å². The molecule has 9 heteroatoms. The molecule has 1 aromatic carbocycles. The molecule has 6 rings (SSSR count). The smallest absolute Gasteiger partial charge is 0.258 e. The Morgan fingerprint density at radius 2 is 1.77 bits per heavy atom. The first-order valence-corrected chi connectivity index (χ1v) is 12.3. The second kappa shape index (κ2) is 8.57. The van der Waals surface area contributed by atoms with E-state index < -0.39 is 29.7 Å². The van der Waals surface area contributed by atoms with Gasteiger partial charge in [0.25, 0.3) is 5.56 Å². The van der Waals surface area contributed by atoms with Crippen LogP contribution in [0, 0.1) is 23.6 Å². The van der Waals surface area contributed by atoms with Crippen LogP contribution in [0.2, 0.25) is 0 Å². The molecule has 0 unspecified atom stereocenters. The first-order chi connectivity index (χ1) is 17.0. The highest BCUT2D eigenvalue weighted by molar-refractivity contribution is 5.86. The van der Waals surface area contributed by atoms with E-state index >= 15 is 0 Å². The van der Waals surface area contributed by atoms with Crippen molar-refractivity contribution in [1.82, 2.24) is 14.4 Å². The van der Waals surface area contributed by atoms with Crippen molar-refractivity contribution in [3.63, 3.8) is 0 Å². The zero-order chi connectivity index (χ0) is 24.3. The standard InChI is InChI=1S/C26H28FN3O5/c27-19-4-2-1-3-16(19)17-7-8-20-23-22(26(34)28-9-11-35-12-10-28)18(14-31)21(13-29(20)25(17)33)30(23)24(32)15-5-6-15/h1-4,7-8,15,18,21-23,31H,5-6,9-14H2/t18-,21-,22+,23+/m0/s1. The van der Waals surface area contributed by atoms with Crippen LogP contribution in [0.5, 0.6) is 0 Å². The van der Waals surface area contributed by atoms with E-state index in [4.69, 9.17) is 4.74 Å². The van der Waals surface area contributed by atoms with Crippen molar-refractivity contribution in [2.45, 2.75) is 31.5 Å². The van der Waals surface area contributed by atoms with Crippen molar-refractivity contribution >= 4 is 11.8 Å². The van der Waals surface area contributed by atoms with Crippen LogP contribution >= 0.6 is 0 Å². The number of carbonyl (C=O) groups excluding carboxylic acids is 2. The first kappa shape index (κ1) is 22.4. The normalized spacial score (nSPS) is 27.6. The topological polar surface area (TPSA) is 92.1 Å². The molecule has 35 heavy (non-hydrogen) atoms. The number of pyridine rings is 1. The van der Waals surface area contributed by atoms with Crippen LogP contribution in [-0.4, -0.2) is 70.2 Å². The van der Waals surface area contributed by atoms with Crippen LogP contribution in [0.3, 0.4) is 0 Å². The van der Waals surface area contributed by atoms with Gasteiger partial charge >= 0.3 is 0 Å². The molecule has 2 saturated heterocycles. The van der Waals surface area contributed by atoms with Crippen LogP contribution < -0.4 is 5.56 Å². The van der Waals surface area contributed by atoms with E-state index in [0.29, 0.717) is 32.0 Å². The summed E-state index contributed by atoms with van der Waals surface area (Å²) < 4.78 is 21.5. The predicted molar refractivity (Wildman–Crippen MR) is 124 cm³/mol. The first-order valence-electron chi connectivity index (χ1n) is 12.3. The van der Waals surface area contributed by atoms with Crippen molar-refractivity contribution in [2.75, 3.05) is 32.9 Å². The lowest BCUT2D eigenvalue weighted by atomic mass is 9.86. The molecule has 2 aromatic rings. The predicted octanol–water partition coefficient (Wildman–Crippen LogP) is 1.41. The molecule has 4 aliphatic rings. The molecule has 3 fully saturated rings. The lowest BCUT2D eigenvalue weighted by molar-refractivity contribution is -0.143. The van der Waals surface area contributed by atoms with Gasteiger partial charge in [0, 0.05) is 49.3 Å². The summed E-state index contributed by atoms with van der Waals surface area (Å²) in [7, 11) is 0. The zero-order valence-electron chi connectivity index (χ0n) is 19.3. The van der Waals surface area contributed by atoms with E-state index in [2.05, 4.69) is 0 Å². The van der Waals surface area contributed by atoms with Gasteiger partial charge in [0.05, 0.1) is 36.8 Å². The number of aliphatic hydroxyl groups excluding tert-OH is 1. The maximum atomic E-state index is 14.5. The fraction of sp³-hybridized carbons (Fsp3) is 0.500. The van der Waals surface area contributed by atoms with Gasteiger partial charge in [-0.05, 0) is 31.0 Å². The molecule has 2 bridgehead atoms. The van der Waals surface area contributed by atoms with Crippen molar-refractivity contribution in [1.29, 1.82) is 0 Å². The number of hydrogen-bond donors (Lipinski definition) is 1. The fourth-order valence-electron chi connectivity index (χ4n) is 6.11. The summed E-state index contributed by atoms with van der Waals surface area (Å²) in [5, 5.41) is 10.4. The Bertz CT molecular complexity index is 1240. The Morgan fingerprint density at radius 3 is 2.46 bits per heavy atom. The molecule has 1 N–H and O–H groups in total. The van der Waals surface area contributed by atoms with Crippen molar-refractivity contribution in [3.8, 4) is 11.1 Å². The number of carbonyl (C=O) groups is 2. The third kappa shape index (κ3) is 3.51. The highest BCUT2D eigenvalue weighted by Gasteiger charge is 2.59. The number of amides is 2. The number of aromatic nitrogens is 1. The average molecular weight is 482 g/mol. The number of morpholine rings is 1. The third-order valence-electron chi connectivity index (χ3n) is 8.00. The number of nitrogens with zero attached hydrogens (tertiary/aromatic N) is 3. The molecule has 1 aliphatic carbocycles. The van der Waals surface area contributed by atoms with Gasteiger partial charge in [0.2, 0.25) is 11.8 Å². The Balaban J connectivity index is 1.47. The monoisotopic (exact) mass is 481 g/mol. The molecule has 4 atom stereocenters. The van der Waals surface area contributed by atoms with Crippen LogP contribution in [0.15, 0.2) is 41.2 Å². The Hall–Kier alpha value is -3.04. The van der Waals surface area contributed by atoms with Crippen molar-refractivity contribution in [3.05, 3.63) is 58.3 Å². The zero-order valence-corrected chi connectivity index (χ0v) is 19.3. The number of halogens is 1. The number of aliphatic hydroxyl groups is 1. The van der Waals surface area contributed by atoms with Crippen molar-refractivity contribution in [2.24, 2.45) is 17.8 Å². The summed E-state index contributed by atoms with van der Waals surface area (Å²) in [6.45, 7) is 1.72. The van der Waals surface area contributed by atoms with Gasteiger partial charge in [-0.2, -0.15) is 0 Å². The quantitative estimate of drug-likeness (QED) is 0.713. The molecule has 3 aliphatic heterocycles. The minimum Gasteiger partial charge on any atom is -0.396 e. The second-order valence-corrected chi connectivity index (χ2v) is 9.91. The van der Waals surface area contributed by atoms with E-state index in [0.717, 1.165) is 12.8 Å². The minimum absolute atomic E-state index is 0.00685. The number of hydrogen-bond acceptors (Lipinski definition) is 5. The highest BCUT2D eigenvalue weighted by Crippen LogP contribution is 2.51. The maximum absolute atomic E-state index is 14.5. The van der Waals surface area contributed by atoms with E-state index in [1.807, 2.05) is 0 Å². The molecule has 4 heterocycles. The van der Waals surface area contributed by atoms with E-state index in [9.17, 15) is 23.9 Å². The summed E-state index contributed by atoms with van der Waals surface area (Å²) in [6.07, 6.45) is 1.64. The molecule has 1 saturated carbocycles. The number of ether oxygens (including phenoxy) is 1. The van der Waals surface area contributed by atoms with Gasteiger partial charge in [-0.25, -0.2) is 4.39 Å². The van der Waals surface area contributed by atoms with Gasteiger partial charge in [-0.15, -0.1) is 0 Å². The summed E-state index contributed by atoms with van der Waals surface area (Å²) in [6, 6.07) is 8.36. The van der Waals surface area contributed by atoms with Crippen LogP contribution in [-0.2, 0) is 20.9 Å². The maximum Gasteiger partial charge on any atom is 0.258 e. The van der Waals surface area contributed by atoms with Gasteiger partial charge in [0.15, 0.2) is 0 Å². The Kier molecular flexibility index (Phi) is 5.49. The van der Waals surface area contributed by atoms with Gasteiger partial charge in [-0.3, -0.25) is 14.4 Å². The van der Waals surface area contributed by atoms with Gasteiger partial charge < -0.3 is 24.2 Å². The summed E-state index contributed by atoms with van der Waals surface area (Å²) in [5.74, 6) is -1.82. The molecule has 1 aromatic heterocycles. The lowest BCUT2D eigenvalue weighted by Gasteiger charge is -2.39. The largest absolute Gasteiger partial charge is 0.396 e. The average Bonchev–Trinajstić information content (AvgIpc) is 3.70. The molecule has 8 nitrogen and oxygen atoms in total. The lowest BCUT2D eigenvalue weighted by Crippen LogP contribution is -2.50. The van der Waals surface area contributed by atoms with E-state index in [1.165, 1.54) is 6.07 Å². The van der Waals surface area contributed by atoms with E-state index in [1.54, 1.807) is 44.7 Å². The number of benzene rings is 1. The summed E-state index contributed by atoms with van der Waals surface area (Å²) in [4.78, 5) is 44.3. The molecule has 2 amide bonds. The second-order valence-electron chi connectivity index (χ2n) is 9.91. The summed E-state index contributed by atoms with van der Waals surface area (Å²) in [5.41, 5.74) is 0.682. The molecule has 0 spiro atoms. The minimum atomic E-state index is -0.654. The Morgan fingerprint density at radius 1 is 1.03 bits per heavy atom. The summed E-state index contributed by atoms with van der Waals surface area (Å²) >= 11 is 0. The SMILES string of the molecule is O=C([C@@H]1[C@@H](CO)[C@@H]2Cn3c(ccc(-c4ccccc4F)c3=O)[C@H]1N2C(=O)C1CC1)N1CCOCC1. The third-order valence-corrected chi connectivity index (χ3v) is 8.00. The number of rotatable bonds is 4. The van der Waals surface area contributed by atoms with Crippen LogP contribution in [0.1, 0.15) is 24.6 Å². The fourth-order valence-corrected chi connectivity index (χ4v) is 6.11. The highest BCUT2D eigenvalue weighted by atomic mass is 19.1.